The van der Waals surface area contributed by atoms with Crippen molar-refractivity contribution in [2.24, 2.45) is 4.99 Å². The van der Waals surface area contributed by atoms with E-state index in [1.54, 1.807) is 44.2 Å². The van der Waals surface area contributed by atoms with Gasteiger partial charge in [0.2, 0.25) is 0 Å². The third kappa shape index (κ3) is 6.99. The number of hydrogen-bond acceptors (Lipinski definition) is 8. The predicted molar refractivity (Wildman–Crippen MR) is 179 cm³/mol. The van der Waals surface area contributed by atoms with Gasteiger partial charge in [0.05, 0.1) is 52.2 Å². The minimum Gasteiger partial charge on any atom is -0.493 e. The molecule has 1 atom stereocenters. The van der Waals surface area contributed by atoms with Gasteiger partial charge in [0.15, 0.2) is 16.3 Å². The summed E-state index contributed by atoms with van der Waals surface area (Å²) in [7, 11) is 1.54. The molecule has 4 aromatic rings. The number of carbonyl (C=O) groups excluding carboxylic acids is 1. The molecule has 0 unspecified atom stereocenters. The van der Waals surface area contributed by atoms with Crippen molar-refractivity contribution in [3.05, 3.63) is 117 Å². The highest BCUT2D eigenvalue weighted by molar-refractivity contribution is 9.10. The fraction of sp³-hybridized carbons (Fsp3) is 0.242. The number of benzene rings is 3. The monoisotopic (exact) mass is 730 g/mol. The van der Waals surface area contributed by atoms with Gasteiger partial charge in [-0.25, -0.2) is 9.79 Å². The van der Waals surface area contributed by atoms with Gasteiger partial charge in [0, 0.05) is 4.47 Å². The number of ether oxygens (including phenoxy) is 4. The molecule has 0 fully saturated rings. The van der Waals surface area contributed by atoms with E-state index in [1.807, 2.05) is 37.3 Å². The molecule has 8 nitrogen and oxygen atoms in total. The van der Waals surface area contributed by atoms with Crippen LogP contribution in [0.3, 0.4) is 0 Å². The van der Waals surface area contributed by atoms with Crippen molar-refractivity contribution >= 4 is 62.5 Å². The molecular formula is C33H29BrCl2N2O6S. The minimum atomic E-state index is -0.821. The van der Waals surface area contributed by atoms with Gasteiger partial charge >= 0.3 is 5.97 Å². The molecule has 0 saturated carbocycles. The van der Waals surface area contributed by atoms with Crippen LogP contribution >= 0.6 is 50.5 Å². The summed E-state index contributed by atoms with van der Waals surface area (Å²) in [6.07, 6.45) is 1.79. The van der Waals surface area contributed by atoms with E-state index in [1.165, 1.54) is 23.0 Å². The van der Waals surface area contributed by atoms with Crippen LogP contribution in [0.4, 0.5) is 0 Å². The molecule has 0 amide bonds. The molecule has 1 aliphatic rings. The summed E-state index contributed by atoms with van der Waals surface area (Å²) in [5.74, 6) is 1.11. The zero-order valence-corrected chi connectivity index (χ0v) is 28.8. The first-order valence-corrected chi connectivity index (χ1v) is 16.4. The number of hydrogen-bond donors (Lipinski definition) is 0. The fourth-order valence-corrected chi connectivity index (χ4v) is 6.79. The van der Waals surface area contributed by atoms with Crippen molar-refractivity contribution in [1.82, 2.24) is 4.57 Å². The van der Waals surface area contributed by atoms with E-state index in [4.69, 9.17) is 42.1 Å². The lowest BCUT2D eigenvalue weighted by molar-refractivity contribution is -0.139. The summed E-state index contributed by atoms with van der Waals surface area (Å²) in [6.45, 7) is 6.29. The molecule has 12 heteroatoms. The Morgan fingerprint density at radius 1 is 1.02 bits per heavy atom. The van der Waals surface area contributed by atoms with Crippen molar-refractivity contribution in [2.45, 2.75) is 33.4 Å². The van der Waals surface area contributed by atoms with E-state index < -0.39 is 12.0 Å². The van der Waals surface area contributed by atoms with Gasteiger partial charge in [-0.05, 0) is 79.9 Å². The number of thiazole rings is 1. The smallest absolute Gasteiger partial charge is 0.338 e. The van der Waals surface area contributed by atoms with Crippen LogP contribution in [0.2, 0.25) is 10.0 Å². The average Bonchev–Trinajstić information content (AvgIpc) is 3.32. The van der Waals surface area contributed by atoms with E-state index in [0.29, 0.717) is 65.6 Å². The zero-order chi connectivity index (χ0) is 32.2. The van der Waals surface area contributed by atoms with Crippen molar-refractivity contribution in [3.63, 3.8) is 0 Å². The molecule has 45 heavy (non-hydrogen) atoms. The summed E-state index contributed by atoms with van der Waals surface area (Å²) in [5.41, 5.74) is 2.75. The topological polar surface area (TPSA) is 88.4 Å². The molecule has 2 heterocycles. The van der Waals surface area contributed by atoms with Crippen LogP contribution in [0.1, 0.15) is 43.5 Å². The maximum absolute atomic E-state index is 14.0. The highest BCUT2D eigenvalue weighted by Gasteiger charge is 2.35. The molecule has 234 valence electrons. The quantitative estimate of drug-likeness (QED) is 0.166. The molecule has 1 aromatic heterocycles. The van der Waals surface area contributed by atoms with Gasteiger partial charge in [-0.15, -0.1) is 0 Å². The SMILES string of the molecule is CCOC(=O)C1=C(C)N=c2s/c(=C/c3ccc(OCc4ccc(Cl)c(Cl)c4)cc3)c(=O)n2[C@H]1c1cc(OC)c(OCC)cc1Br. The van der Waals surface area contributed by atoms with Gasteiger partial charge in [0.1, 0.15) is 12.4 Å². The van der Waals surface area contributed by atoms with Gasteiger partial charge in [0.25, 0.3) is 5.56 Å². The lowest BCUT2D eigenvalue weighted by Crippen LogP contribution is -2.40. The Bertz CT molecular complexity index is 1970. The van der Waals surface area contributed by atoms with Gasteiger partial charge in [-0.3, -0.25) is 9.36 Å². The Balaban J connectivity index is 1.54. The molecule has 0 aliphatic carbocycles. The Kier molecular flexibility index (Phi) is 10.4. The molecule has 0 N–H and O–H groups in total. The Hall–Kier alpha value is -3.57. The molecular weight excluding hydrogens is 703 g/mol. The third-order valence-corrected chi connectivity index (χ3v) is 9.37. The van der Waals surface area contributed by atoms with Gasteiger partial charge < -0.3 is 18.9 Å². The molecule has 0 spiro atoms. The van der Waals surface area contributed by atoms with E-state index in [2.05, 4.69) is 20.9 Å². The number of carbonyl (C=O) groups is 1. The summed E-state index contributed by atoms with van der Waals surface area (Å²) >= 11 is 17.0. The Morgan fingerprint density at radius 3 is 2.44 bits per heavy atom. The number of fused-ring (bicyclic) bond motifs is 1. The van der Waals surface area contributed by atoms with Crippen LogP contribution in [0, 0.1) is 0 Å². The standard InChI is InChI=1S/C33H29BrCl2N2O6S/c1-5-42-27-16-23(34)22(15-26(27)41-4)30-29(32(40)43-6-2)18(3)37-33-38(30)31(39)28(45-33)14-19-7-10-21(11-8-19)44-17-20-9-12-24(35)25(36)13-20/h7-16,30H,5-6,17H2,1-4H3/b28-14+/t30-/m0/s1. The molecule has 0 bridgehead atoms. The molecule has 3 aromatic carbocycles. The second-order valence-corrected chi connectivity index (χ2v) is 12.5. The van der Waals surface area contributed by atoms with Crippen molar-refractivity contribution in [1.29, 1.82) is 0 Å². The number of methoxy groups -OCH3 is 1. The van der Waals surface area contributed by atoms with Crippen LogP contribution in [-0.2, 0) is 16.1 Å². The van der Waals surface area contributed by atoms with Gasteiger partial charge in [-0.2, -0.15) is 0 Å². The largest absolute Gasteiger partial charge is 0.493 e. The first kappa shape index (κ1) is 32.8. The summed E-state index contributed by atoms with van der Waals surface area (Å²) in [4.78, 5) is 32.5. The van der Waals surface area contributed by atoms with E-state index in [9.17, 15) is 9.59 Å². The summed E-state index contributed by atoms with van der Waals surface area (Å²) in [5, 5.41) is 0.955. The first-order valence-electron chi connectivity index (χ1n) is 14.0. The fourth-order valence-electron chi connectivity index (χ4n) is 4.88. The second-order valence-electron chi connectivity index (χ2n) is 9.87. The molecule has 0 saturated heterocycles. The van der Waals surface area contributed by atoms with E-state index in [-0.39, 0.29) is 17.7 Å². The molecule has 5 rings (SSSR count). The first-order chi connectivity index (χ1) is 21.6. The number of allylic oxidation sites excluding steroid dienone is 1. The van der Waals surface area contributed by atoms with Crippen molar-refractivity contribution < 1.29 is 23.7 Å². The number of halogens is 3. The van der Waals surface area contributed by atoms with Crippen LogP contribution < -0.4 is 29.1 Å². The van der Waals surface area contributed by atoms with Crippen LogP contribution in [0.5, 0.6) is 17.2 Å². The number of nitrogens with zero attached hydrogens (tertiary/aromatic N) is 2. The highest BCUT2D eigenvalue weighted by atomic mass is 79.9. The third-order valence-electron chi connectivity index (χ3n) is 6.96. The summed E-state index contributed by atoms with van der Waals surface area (Å²) < 4.78 is 25.3. The van der Waals surface area contributed by atoms with E-state index >= 15 is 0 Å². The minimum absolute atomic E-state index is 0.174. The highest BCUT2D eigenvalue weighted by Crippen LogP contribution is 2.41. The van der Waals surface area contributed by atoms with Gasteiger partial charge in [-0.1, -0.05) is 68.7 Å². The average molecular weight is 732 g/mol. The van der Waals surface area contributed by atoms with Crippen LogP contribution in [0.25, 0.3) is 6.08 Å². The Morgan fingerprint density at radius 2 is 1.78 bits per heavy atom. The predicted octanol–water partition coefficient (Wildman–Crippen LogP) is 6.85. The number of esters is 1. The molecule has 0 radical (unpaired) electrons. The maximum atomic E-state index is 14.0. The maximum Gasteiger partial charge on any atom is 0.338 e. The summed E-state index contributed by atoms with van der Waals surface area (Å²) in [6, 6.07) is 15.5. The normalized spacial score (nSPS) is 14.6. The van der Waals surface area contributed by atoms with Crippen molar-refractivity contribution in [3.8, 4) is 17.2 Å². The van der Waals surface area contributed by atoms with Crippen molar-refractivity contribution in [2.75, 3.05) is 20.3 Å². The second kappa shape index (κ2) is 14.2. The number of rotatable bonds is 10. The Labute approximate surface area is 282 Å². The lowest BCUT2D eigenvalue weighted by Gasteiger charge is -2.26. The zero-order valence-electron chi connectivity index (χ0n) is 24.9. The van der Waals surface area contributed by atoms with Crippen LogP contribution in [-0.4, -0.2) is 30.9 Å². The van der Waals surface area contributed by atoms with Crippen LogP contribution in [0.15, 0.2) is 80.1 Å². The lowest BCUT2D eigenvalue weighted by atomic mass is 9.95. The number of aromatic nitrogens is 1. The van der Waals surface area contributed by atoms with E-state index in [0.717, 1.165) is 11.1 Å². The molecule has 1 aliphatic heterocycles.